The fraction of sp³-hybridized carbons (Fsp3) is 0.350. The first-order chi connectivity index (χ1) is 12.1. The molecule has 5 heteroatoms. The summed E-state index contributed by atoms with van der Waals surface area (Å²) < 4.78 is 11.8. The lowest BCUT2D eigenvalue weighted by atomic mass is 9.99. The zero-order valence-electron chi connectivity index (χ0n) is 14.6. The van der Waals surface area contributed by atoms with Crippen molar-refractivity contribution in [3.63, 3.8) is 0 Å². The lowest BCUT2D eigenvalue weighted by molar-refractivity contribution is -0.165. The predicted octanol–water partition coefficient (Wildman–Crippen LogP) is 2.58. The van der Waals surface area contributed by atoms with Gasteiger partial charge in [-0.25, -0.2) is 0 Å². The Morgan fingerprint density at radius 2 is 1.80 bits per heavy atom. The first-order valence-electron chi connectivity index (χ1n) is 8.53. The summed E-state index contributed by atoms with van der Waals surface area (Å²) in [5.74, 6) is 0.449. The Hall–Kier alpha value is -2.37. The molecule has 0 saturated heterocycles. The van der Waals surface area contributed by atoms with Gasteiger partial charge in [-0.15, -0.1) is 0 Å². The second-order valence-electron chi connectivity index (χ2n) is 6.36. The average Bonchev–Trinajstić information content (AvgIpc) is 2.64. The number of amides is 1. The molecule has 0 aromatic heterocycles. The Kier molecular flexibility index (Phi) is 5.68. The van der Waals surface area contributed by atoms with Crippen LogP contribution in [-0.4, -0.2) is 44.3 Å². The van der Waals surface area contributed by atoms with E-state index in [0.29, 0.717) is 12.3 Å². The summed E-state index contributed by atoms with van der Waals surface area (Å²) in [6.07, 6.45) is -0.382. The third-order valence-corrected chi connectivity index (χ3v) is 4.09. The standard InChI is InChI=1S/C20H24N2O3/c1-22(2)14-8-13-21-19(23)20-24-17-12-7-6-11-16(17)18(25-20)15-9-4-3-5-10-15/h3-7,9-12,18,20H,8,13-14H2,1-2H3,(H,21,23). The lowest BCUT2D eigenvalue weighted by Gasteiger charge is -2.32. The van der Waals surface area contributed by atoms with E-state index >= 15 is 0 Å². The van der Waals surface area contributed by atoms with Crippen LogP contribution >= 0.6 is 0 Å². The minimum Gasteiger partial charge on any atom is -0.455 e. The van der Waals surface area contributed by atoms with E-state index in [1.54, 1.807) is 0 Å². The molecular formula is C20H24N2O3. The summed E-state index contributed by atoms with van der Waals surface area (Å²) in [5.41, 5.74) is 1.94. The summed E-state index contributed by atoms with van der Waals surface area (Å²) in [4.78, 5) is 14.5. The van der Waals surface area contributed by atoms with E-state index in [0.717, 1.165) is 24.1 Å². The van der Waals surface area contributed by atoms with Crippen LogP contribution in [0.25, 0.3) is 0 Å². The molecule has 1 aliphatic heterocycles. The first-order valence-corrected chi connectivity index (χ1v) is 8.53. The molecule has 0 aliphatic carbocycles. The van der Waals surface area contributed by atoms with Gasteiger partial charge in [0.05, 0.1) is 0 Å². The van der Waals surface area contributed by atoms with Gasteiger partial charge in [-0.1, -0.05) is 48.5 Å². The van der Waals surface area contributed by atoms with E-state index in [1.807, 2.05) is 68.7 Å². The van der Waals surface area contributed by atoms with Crippen molar-refractivity contribution in [3.8, 4) is 5.75 Å². The number of hydrogen-bond acceptors (Lipinski definition) is 4. The van der Waals surface area contributed by atoms with Gasteiger partial charge < -0.3 is 19.7 Å². The van der Waals surface area contributed by atoms with Crippen LogP contribution in [-0.2, 0) is 9.53 Å². The van der Waals surface area contributed by atoms with Crippen molar-refractivity contribution < 1.29 is 14.3 Å². The minimum atomic E-state index is -0.945. The normalized spacial score (nSPS) is 19.2. The number of rotatable bonds is 6. The van der Waals surface area contributed by atoms with Crippen molar-refractivity contribution in [1.82, 2.24) is 10.2 Å². The molecule has 2 aromatic carbocycles. The summed E-state index contributed by atoms with van der Waals surface area (Å²) in [6.45, 7) is 1.51. The quantitative estimate of drug-likeness (QED) is 0.821. The molecule has 132 valence electrons. The fourth-order valence-electron chi connectivity index (χ4n) is 2.84. The van der Waals surface area contributed by atoms with Crippen molar-refractivity contribution in [3.05, 3.63) is 65.7 Å². The van der Waals surface area contributed by atoms with Gasteiger partial charge >= 0.3 is 0 Å². The average molecular weight is 340 g/mol. The van der Waals surface area contributed by atoms with Crippen LogP contribution in [0.4, 0.5) is 0 Å². The Morgan fingerprint density at radius 1 is 1.08 bits per heavy atom. The number of nitrogens with one attached hydrogen (secondary N) is 1. The van der Waals surface area contributed by atoms with Gasteiger partial charge in [-0.05, 0) is 38.7 Å². The highest BCUT2D eigenvalue weighted by molar-refractivity contribution is 5.80. The van der Waals surface area contributed by atoms with Crippen LogP contribution < -0.4 is 10.1 Å². The SMILES string of the molecule is CN(C)CCCNC(=O)C1Oc2ccccc2C(c2ccccc2)O1. The highest BCUT2D eigenvalue weighted by atomic mass is 16.7. The number of ether oxygens (including phenoxy) is 2. The summed E-state index contributed by atoms with van der Waals surface area (Å²) in [7, 11) is 4.02. The first kappa shape index (κ1) is 17.5. The molecule has 3 rings (SSSR count). The maximum absolute atomic E-state index is 12.5. The lowest BCUT2D eigenvalue weighted by Crippen LogP contribution is -2.43. The molecule has 0 radical (unpaired) electrons. The number of nitrogens with zero attached hydrogens (tertiary/aromatic N) is 1. The minimum absolute atomic E-state index is 0.241. The molecule has 2 atom stereocenters. The van der Waals surface area contributed by atoms with Gasteiger partial charge in [-0.3, -0.25) is 4.79 Å². The van der Waals surface area contributed by atoms with Crippen molar-refractivity contribution >= 4 is 5.91 Å². The number of hydrogen-bond donors (Lipinski definition) is 1. The van der Waals surface area contributed by atoms with Crippen molar-refractivity contribution in [2.45, 2.75) is 18.8 Å². The van der Waals surface area contributed by atoms with Crippen LogP contribution in [0.5, 0.6) is 5.75 Å². The largest absolute Gasteiger partial charge is 0.455 e. The predicted molar refractivity (Wildman–Crippen MR) is 96.4 cm³/mol. The monoisotopic (exact) mass is 340 g/mol. The highest BCUT2D eigenvalue weighted by Gasteiger charge is 2.33. The molecule has 1 N–H and O–H groups in total. The third kappa shape index (κ3) is 4.38. The Balaban J connectivity index is 1.72. The van der Waals surface area contributed by atoms with E-state index in [2.05, 4.69) is 10.2 Å². The molecule has 0 spiro atoms. The number of carbonyl (C=O) groups is 1. The van der Waals surface area contributed by atoms with E-state index in [9.17, 15) is 4.79 Å². The maximum atomic E-state index is 12.5. The van der Waals surface area contributed by atoms with Crippen molar-refractivity contribution in [1.29, 1.82) is 0 Å². The molecule has 5 nitrogen and oxygen atoms in total. The second-order valence-corrected chi connectivity index (χ2v) is 6.36. The molecule has 1 heterocycles. The highest BCUT2D eigenvalue weighted by Crippen LogP contribution is 2.38. The number of fused-ring (bicyclic) bond motifs is 1. The van der Waals surface area contributed by atoms with Crippen LogP contribution in [0, 0.1) is 0 Å². The fourth-order valence-corrected chi connectivity index (χ4v) is 2.84. The summed E-state index contributed by atoms with van der Waals surface area (Å²) in [5, 5.41) is 2.89. The summed E-state index contributed by atoms with van der Waals surface area (Å²) >= 11 is 0. The Morgan fingerprint density at radius 3 is 2.56 bits per heavy atom. The number of benzene rings is 2. The zero-order valence-corrected chi connectivity index (χ0v) is 14.6. The van der Waals surface area contributed by atoms with Crippen LogP contribution in [0.2, 0.25) is 0 Å². The zero-order chi connectivity index (χ0) is 17.6. The van der Waals surface area contributed by atoms with E-state index < -0.39 is 6.29 Å². The van der Waals surface area contributed by atoms with Crippen LogP contribution in [0.15, 0.2) is 54.6 Å². The molecule has 1 amide bonds. The van der Waals surface area contributed by atoms with Crippen molar-refractivity contribution in [2.75, 3.05) is 27.2 Å². The van der Waals surface area contributed by atoms with Gasteiger partial charge in [0.25, 0.3) is 12.2 Å². The summed E-state index contributed by atoms with van der Waals surface area (Å²) in [6, 6.07) is 17.6. The Bertz CT molecular complexity index is 703. The molecule has 0 saturated carbocycles. The van der Waals surface area contributed by atoms with E-state index in [1.165, 1.54) is 0 Å². The van der Waals surface area contributed by atoms with Gasteiger partial charge in [-0.2, -0.15) is 0 Å². The molecule has 2 aromatic rings. The number of para-hydroxylation sites is 1. The van der Waals surface area contributed by atoms with E-state index in [4.69, 9.17) is 9.47 Å². The van der Waals surface area contributed by atoms with Gasteiger partial charge in [0.2, 0.25) is 0 Å². The maximum Gasteiger partial charge on any atom is 0.289 e. The van der Waals surface area contributed by atoms with E-state index in [-0.39, 0.29) is 12.0 Å². The van der Waals surface area contributed by atoms with Gasteiger partial charge in [0.15, 0.2) is 0 Å². The van der Waals surface area contributed by atoms with Gasteiger partial charge in [0, 0.05) is 12.1 Å². The van der Waals surface area contributed by atoms with Gasteiger partial charge in [0.1, 0.15) is 11.9 Å². The molecular weight excluding hydrogens is 316 g/mol. The van der Waals surface area contributed by atoms with Crippen LogP contribution in [0.1, 0.15) is 23.7 Å². The smallest absolute Gasteiger partial charge is 0.289 e. The molecule has 2 unspecified atom stereocenters. The Labute approximate surface area is 148 Å². The van der Waals surface area contributed by atoms with Crippen LogP contribution in [0.3, 0.4) is 0 Å². The third-order valence-electron chi connectivity index (χ3n) is 4.09. The molecule has 0 bridgehead atoms. The molecule has 25 heavy (non-hydrogen) atoms. The topological polar surface area (TPSA) is 50.8 Å². The molecule has 1 aliphatic rings. The molecule has 0 fully saturated rings. The van der Waals surface area contributed by atoms with Crippen molar-refractivity contribution in [2.24, 2.45) is 0 Å². The number of carbonyl (C=O) groups excluding carboxylic acids is 1. The second kappa shape index (κ2) is 8.14.